The number of fused-ring (bicyclic) bond motifs is 1. The summed E-state index contributed by atoms with van der Waals surface area (Å²) < 4.78 is 49.8. The Hall–Kier alpha value is -3.24. The van der Waals surface area contributed by atoms with Gasteiger partial charge >= 0.3 is 7.82 Å². The highest BCUT2D eigenvalue weighted by atomic mass is 31.2. The average molecular weight is 817 g/mol. The van der Waals surface area contributed by atoms with Gasteiger partial charge in [-0.3, -0.25) is 14.1 Å². The van der Waals surface area contributed by atoms with E-state index in [4.69, 9.17) is 24.3 Å². The van der Waals surface area contributed by atoms with E-state index in [-0.39, 0.29) is 30.5 Å². The van der Waals surface area contributed by atoms with Crippen molar-refractivity contribution in [3.8, 4) is 12.1 Å². The molecule has 0 saturated carbocycles. The van der Waals surface area contributed by atoms with E-state index in [1.807, 2.05) is 19.1 Å². The molecule has 316 valence electrons. The lowest BCUT2D eigenvalue weighted by molar-refractivity contribution is -0.0920. The van der Waals surface area contributed by atoms with E-state index < -0.39 is 56.3 Å². The van der Waals surface area contributed by atoms with Gasteiger partial charge in [0.25, 0.3) is 0 Å². The van der Waals surface area contributed by atoms with Crippen LogP contribution in [-0.4, -0.2) is 81.6 Å². The van der Waals surface area contributed by atoms with Gasteiger partial charge in [0.2, 0.25) is 5.60 Å². The number of aliphatic hydroxyl groups is 2. The van der Waals surface area contributed by atoms with Gasteiger partial charge in [-0.15, -0.1) is 0 Å². The van der Waals surface area contributed by atoms with Crippen molar-refractivity contribution in [3.05, 3.63) is 46.9 Å². The van der Waals surface area contributed by atoms with Crippen molar-refractivity contribution >= 4 is 20.0 Å². The minimum absolute atomic E-state index is 0.0680. The van der Waals surface area contributed by atoms with Gasteiger partial charge in [0.05, 0.1) is 42.7 Å². The number of nitrogens with two attached hydrogens (primary N) is 1. The predicted octanol–water partition coefficient (Wildman–Crippen LogP) is 7.27. The highest BCUT2D eigenvalue weighted by molar-refractivity contribution is 7.47. The van der Waals surface area contributed by atoms with Crippen molar-refractivity contribution < 1.29 is 42.6 Å². The second kappa shape index (κ2) is 23.4. The number of aliphatic imine (C=N–C) groups is 1. The summed E-state index contributed by atoms with van der Waals surface area (Å²) in [6.45, 7) is 2.74. The predicted molar refractivity (Wildman–Crippen MR) is 214 cm³/mol. The number of aliphatic hydroxyl groups excluding tert-OH is 2. The van der Waals surface area contributed by atoms with Crippen LogP contribution in [-0.2, 0) is 29.7 Å². The molecule has 0 aliphatic carbocycles. The van der Waals surface area contributed by atoms with Crippen LogP contribution in [0.25, 0.3) is 0 Å². The van der Waals surface area contributed by atoms with Crippen molar-refractivity contribution in [2.45, 2.75) is 166 Å². The van der Waals surface area contributed by atoms with E-state index in [1.165, 1.54) is 101 Å². The van der Waals surface area contributed by atoms with Crippen LogP contribution in [0.15, 0.2) is 40.1 Å². The lowest BCUT2D eigenvalue weighted by Crippen LogP contribution is -2.48. The van der Waals surface area contributed by atoms with Gasteiger partial charge in [-0.05, 0) is 30.2 Å². The van der Waals surface area contributed by atoms with Crippen LogP contribution in [0.3, 0.4) is 0 Å². The lowest BCUT2D eigenvalue weighted by Gasteiger charge is -2.33. The first-order chi connectivity index (χ1) is 27.4. The number of halogens is 1. The number of amidine groups is 1. The Morgan fingerprint density at radius 2 is 1.60 bits per heavy atom. The van der Waals surface area contributed by atoms with E-state index in [9.17, 15) is 34.6 Å². The molecule has 1 fully saturated rings. The van der Waals surface area contributed by atoms with Crippen molar-refractivity contribution in [1.29, 1.82) is 10.5 Å². The molecule has 0 bridgehead atoms. The SMILES string of the molecule is CCCCCCCCCCCCCCCCCC[C@H](COP(=O)(O)OC[C@@]1(C#N)O[C@@H](C2C(C)C=C3C(N)=NC=NN32)[C@H](O)[C@@H]1O)OCc1cc(F)cc(C#N)c1. The van der Waals surface area contributed by atoms with Crippen LogP contribution in [0.2, 0.25) is 0 Å². The first-order valence-corrected chi connectivity index (χ1v) is 22.2. The molecule has 0 radical (unpaired) electrons. The van der Waals surface area contributed by atoms with Crippen molar-refractivity contribution in [2.24, 2.45) is 21.7 Å². The van der Waals surface area contributed by atoms with Crippen LogP contribution in [0, 0.1) is 34.4 Å². The number of ether oxygens (including phenoxy) is 2. The second-order valence-corrected chi connectivity index (χ2v) is 17.0. The summed E-state index contributed by atoms with van der Waals surface area (Å²) in [5.41, 5.74) is 4.85. The smallest absolute Gasteiger partial charge is 0.387 e. The number of benzene rings is 1. The molecule has 5 N–H and O–H groups in total. The Morgan fingerprint density at radius 3 is 2.19 bits per heavy atom. The Labute approximate surface area is 337 Å². The number of hydrazone groups is 1. The van der Waals surface area contributed by atoms with E-state index in [0.717, 1.165) is 31.7 Å². The molecule has 1 saturated heterocycles. The van der Waals surface area contributed by atoms with Gasteiger partial charge in [-0.1, -0.05) is 123 Å². The maximum atomic E-state index is 14.1. The number of rotatable bonds is 27. The lowest BCUT2D eigenvalue weighted by atomic mass is 9.91. The molecule has 0 amide bonds. The van der Waals surface area contributed by atoms with Crippen LogP contribution in [0.1, 0.15) is 134 Å². The van der Waals surface area contributed by atoms with Crippen LogP contribution in [0.4, 0.5) is 4.39 Å². The van der Waals surface area contributed by atoms with Gasteiger partial charge in [0.1, 0.15) is 43.1 Å². The molecule has 8 atom stereocenters. The molecule has 1 aromatic carbocycles. The molecule has 0 spiro atoms. The fourth-order valence-corrected chi connectivity index (χ4v) is 8.47. The third-order valence-electron chi connectivity index (χ3n) is 11.0. The van der Waals surface area contributed by atoms with Gasteiger partial charge in [-0.2, -0.15) is 15.6 Å². The Morgan fingerprint density at radius 1 is 0.982 bits per heavy atom. The topological polar surface area (TPSA) is 216 Å². The van der Waals surface area contributed by atoms with E-state index in [2.05, 4.69) is 17.0 Å². The summed E-state index contributed by atoms with van der Waals surface area (Å²) >= 11 is 0. The van der Waals surface area contributed by atoms with E-state index in [1.54, 1.807) is 6.08 Å². The maximum absolute atomic E-state index is 14.1. The maximum Gasteiger partial charge on any atom is 0.472 e. The number of hydrogen-bond donors (Lipinski definition) is 4. The molecule has 16 heteroatoms. The van der Waals surface area contributed by atoms with Crippen LogP contribution >= 0.6 is 7.82 Å². The molecule has 3 heterocycles. The molecule has 0 aromatic heterocycles. The highest BCUT2D eigenvalue weighted by Crippen LogP contribution is 2.47. The van der Waals surface area contributed by atoms with Crippen molar-refractivity contribution in [2.75, 3.05) is 13.2 Å². The van der Waals surface area contributed by atoms with Gasteiger partial charge in [0, 0.05) is 5.92 Å². The quantitative estimate of drug-likeness (QED) is 0.0509. The first kappa shape index (κ1) is 46.4. The summed E-state index contributed by atoms with van der Waals surface area (Å²) in [6, 6.07) is 6.95. The standard InChI is InChI=1S/C41H62FN6O8P/c1-3-4-5-6-7-8-9-10-11-12-13-14-15-16-17-18-19-34(53-25-32-21-31(24-43)22-33(42)23-32)26-54-57(51,52)55-28-41(27-44)39(50)37(49)38(56-41)36-30(2)20-35-40(45)46-29-47-48(35)36/h20-23,29-30,34,36-39,49-50H,3-19,25-26,28H2,1-2H3,(H,51,52)(H2,45,46,47)/t30?,34-,36?,37+,38+,39+,41-/m1/s1. The van der Waals surface area contributed by atoms with Crippen molar-refractivity contribution in [3.63, 3.8) is 0 Å². The summed E-state index contributed by atoms with van der Waals surface area (Å²) in [6.07, 6.45) is 17.8. The minimum Gasteiger partial charge on any atom is -0.387 e. The molecular formula is C41H62FN6O8P. The first-order valence-electron chi connectivity index (χ1n) is 20.7. The molecule has 57 heavy (non-hydrogen) atoms. The van der Waals surface area contributed by atoms with Gasteiger partial charge in [0.15, 0.2) is 5.84 Å². The number of hydrogen-bond acceptors (Lipinski definition) is 13. The van der Waals surface area contributed by atoms with Crippen molar-refractivity contribution in [1.82, 2.24) is 5.01 Å². The Kier molecular flexibility index (Phi) is 19.0. The number of phosphoric acid groups is 1. The summed E-state index contributed by atoms with van der Waals surface area (Å²) in [5.74, 6) is -0.661. The highest BCUT2D eigenvalue weighted by Gasteiger charge is 2.60. The zero-order valence-corrected chi connectivity index (χ0v) is 34.4. The van der Waals surface area contributed by atoms with Crippen LogP contribution < -0.4 is 5.73 Å². The number of nitriles is 2. The molecule has 4 rings (SSSR count). The fourth-order valence-electron chi connectivity index (χ4n) is 7.69. The van der Waals surface area contributed by atoms with E-state index in [0.29, 0.717) is 17.7 Å². The molecule has 3 aliphatic heterocycles. The summed E-state index contributed by atoms with van der Waals surface area (Å²) in [7, 11) is -4.87. The number of unbranched alkanes of at least 4 members (excludes halogenated alkanes) is 15. The van der Waals surface area contributed by atoms with Crippen LogP contribution in [0.5, 0.6) is 0 Å². The summed E-state index contributed by atoms with van der Waals surface area (Å²) in [4.78, 5) is 14.7. The molecule has 3 unspecified atom stereocenters. The molecule has 14 nitrogen and oxygen atoms in total. The molecular weight excluding hydrogens is 754 g/mol. The Balaban J connectivity index is 1.24. The molecule has 3 aliphatic rings. The zero-order valence-electron chi connectivity index (χ0n) is 33.5. The zero-order chi connectivity index (χ0) is 41.3. The van der Waals surface area contributed by atoms with Gasteiger partial charge < -0.3 is 30.3 Å². The monoisotopic (exact) mass is 816 g/mol. The fraction of sp³-hybridized carbons (Fsp3) is 0.707. The molecule has 1 aromatic rings. The van der Waals surface area contributed by atoms with E-state index >= 15 is 0 Å². The van der Waals surface area contributed by atoms with Gasteiger partial charge in [-0.25, -0.2) is 13.9 Å². The normalized spacial score (nSPS) is 25.7. The Bertz CT molecular complexity index is 1650. The third-order valence-corrected chi connectivity index (χ3v) is 11.9. The third kappa shape index (κ3) is 13.9. The summed E-state index contributed by atoms with van der Waals surface area (Å²) in [5, 5.41) is 47.2. The largest absolute Gasteiger partial charge is 0.472 e. The number of phosphoric ester groups is 1. The second-order valence-electron chi connectivity index (χ2n) is 15.5. The average Bonchev–Trinajstić information content (AvgIpc) is 3.66. The number of nitrogens with zero attached hydrogens (tertiary/aromatic N) is 5. The minimum atomic E-state index is -4.87.